The Morgan fingerprint density at radius 3 is 2.61 bits per heavy atom. The standard InChI is InChI=1S/C19H24N2O2/c1-4-10-23-18-7-5-6-17(12-18)21-19(22)13-20-16-9-8-14(2)15(3)11-16/h5-9,11-12,20H,4,10,13H2,1-3H3,(H,21,22). The van der Waals surface area contributed by atoms with Crippen LogP contribution in [0.15, 0.2) is 42.5 Å². The SMILES string of the molecule is CCCOc1cccc(NC(=O)CNc2ccc(C)c(C)c2)c1. The van der Waals surface area contributed by atoms with Gasteiger partial charge >= 0.3 is 0 Å². The van der Waals surface area contributed by atoms with E-state index < -0.39 is 0 Å². The lowest BCUT2D eigenvalue weighted by Gasteiger charge is -2.10. The van der Waals surface area contributed by atoms with Crippen LogP contribution in [0.25, 0.3) is 0 Å². The van der Waals surface area contributed by atoms with Gasteiger partial charge in [0.2, 0.25) is 5.91 Å². The van der Waals surface area contributed by atoms with E-state index in [1.807, 2.05) is 42.5 Å². The summed E-state index contributed by atoms with van der Waals surface area (Å²) in [5, 5.41) is 6.01. The molecule has 0 saturated carbocycles. The van der Waals surface area contributed by atoms with Crippen molar-refractivity contribution < 1.29 is 9.53 Å². The van der Waals surface area contributed by atoms with Crippen LogP contribution in [0.2, 0.25) is 0 Å². The summed E-state index contributed by atoms with van der Waals surface area (Å²) in [6.45, 7) is 7.08. The third-order valence-electron chi connectivity index (χ3n) is 3.55. The summed E-state index contributed by atoms with van der Waals surface area (Å²) in [5.74, 6) is 0.683. The molecule has 0 atom stereocenters. The van der Waals surface area contributed by atoms with Crippen LogP contribution in [-0.2, 0) is 4.79 Å². The number of benzene rings is 2. The van der Waals surface area contributed by atoms with E-state index in [0.717, 1.165) is 23.5 Å². The minimum absolute atomic E-state index is 0.0872. The van der Waals surface area contributed by atoms with Crippen molar-refractivity contribution in [1.82, 2.24) is 0 Å². The van der Waals surface area contributed by atoms with Gasteiger partial charge in [-0.1, -0.05) is 19.1 Å². The summed E-state index contributed by atoms with van der Waals surface area (Å²) < 4.78 is 5.56. The molecule has 0 bridgehead atoms. The zero-order valence-electron chi connectivity index (χ0n) is 14.0. The first kappa shape index (κ1) is 16.9. The Bertz CT molecular complexity index is 668. The van der Waals surface area contributed by atoms with Gasteiger partial charge in [0.05, 0.1) is 13.2 Å². The van der Waals surface area contributed by atoms with Crippen LogP contribution >= 0.6 is 0 Å². The summed E-state index contributed by atoms with van der Waals surface area (Å²) in [7, 11) is 0. The third kappa shape index (κ3) is 5.33. The molecule has 0 radical (unpaired) electrons. The topological polar surface area (TPSA) is 50.4 Å². The molecule has 0 saturated heterocycles. The predicted octanol–water partition coefficient (Wildman–Crippen LogP) is 4.14. The molecule has 2 rings (SSSR count). The number of carbonyl (C=O) groups excluding carboxylic acids is 1. The van der Waals surface area contributed by atoms with Crippen molar-refractivity contribution in [2.45, 2.75) is 27.2 Å². The van der Waals surface area contributed by atoms with Gasteiger partial charge in [0, 0.05) is 17.4 Å². The van der Waals surface area contributed by atoms with Gasteiger partial charge in [-0.25, -0.2) is 0 Å². The Kier molecular flexibility index (Phi) is 6.03. The molecule has 2 aromatic carbocycles. The summed E-state index contributed by atoms with van der Waals surface area (Å²) in [4.78, 5) is 12.0. The molecule has 0 unspecified atom stereocenters. The van der Waals surface area contributed by atoms with Crippen LogP contribution < -0.4 is 15.4 Å². The fourth-order valence-corrected chi connectivity index (χ4v) is 2.12. The highest BCUT2D eigenvalue weighted by molar-refractivity contribution is 5.93. The highest BCUT2D eigenvalue weighted by atomic mass is 16.5. The van der Waals surface area contributed by atoms with Crippen LogP contribution in [0.5, 0.6) is 5.75 Å². The Balaban J connectivity index is 1.88. The summed E-state index contributed by atoms with van der Waals surface area (Å²) in [6.07, 6.45) is 0.955. The Hall–Kier alpha value is -2.49. The second-order valence-corrected chi connectivity index (χ2v) is 5.58. The summed E-state index contributed by atoms with van der Waals surface area (Å²) >= 11 is 0. The van der Waals surface area contributed by atoms with Gasteiger partial charge in [-0.15, -0.1) is 0 Å². The quantitative estimate of drug-likeness (QED) is 0.808. The molecular formula is C19H24N2O2. The predicted molar refractivity (Wildman–Crippen MR) is 95.3 cm³/mol. The molecule has 0 heterocycles. The fraction of sp³-hybridized carbons (Fsp3) is 0.316. The highest BCUT2D eigenvalue weighted by Gasteiger charge is 2.04. The minimum atomic E-state index is -0.0872. The van der Waals surface area contributed by atoms with Crippen LogP contribution in [0.3, 0.4) is 0 Å². The van der Waals surface area contributed by atoms with Gasteiger partial charge in [-0.05, 0) is 55.7 Å². The molecule has 1 amide bonds. The van der Waals surface area contributed by atoms with Crippen molar-refractivity contribution in [1.29, 1.82) is 0 Å². The van der Waals surface area contributed by atoms with Crippen molar-refractivity contribution in [3.8, 4) is 5.75 Å². The van der Waals surface area contributed by atoms with Crippen molar-refractivity contribution in [3.05, 3.63) is 53.6 Å². The number of ether oxygens (including phenoxy) is 1. The zero-order valence-corrected chi connectivity index (χ0v) is 14.0. The molecule has 122 valence electrons. The van der Waals surface area contributed by atoms with E-state index in [-0.39, 0.29) is 12.5 Å². The molecule has 2 N–H and O–H groups in total. The zero-order chi connectivity index (χ0) is 16.7. The first-order valence-corrected chi connectivity index (χ1v) is 7.92. The van der Waals surface area contributed by atoms with Crippen LogP contribution in [0, 0.1) is 13.8 Å². The number of hydrogen-bond donors (Lipinski definition) is 2. The van der Waals surface area contributed by atoms with E-state index in [4.69, 9.17) is 4.74 Å². The molecular weight excluding hydrogens is 288 g/mol. The molecule has 0 aliphatic heterocycles. The maximum absolute atomic E-state index is 12.0. The van der Waals surface area contributed by atoms with Crippen molar-refractivity contribution in [3.63, 3.8) is 0 Å². The van der Waals surface area contributed by atoms with Crippen molar-refractivity contribution >= 4 is 17.3 Å². The molecule has 23 heavy (non-hydrogen) atoms. The van der Waals surface area contributed by atoms with Crippen LogP contribution in [0.1, 0.15) is 24.5 Å². The van der Waals surface area contributed by atoms with Gasteiger partial charge in [0.25, 0.3) is 0 Å². The maximum atomic E-state index is 12.0. The Labute approximate surface area is 137 Å². The van der Waals surface area contributed by atoms with Crippen molar-refractivity contribution in [2.75, 3.05) is 23.8 Å². The summed E-state index contributed by atoms with van der Waals surface area (Å²) in [6, 6.07) is 13.5. The second kappa shape index (κ2) is 8.22. The van der Waals surface area contributed by atoms with E-state index in [0.29, 0.717) is 6.61 Å². The number of amides is 1. The molecule has 0 aliphatic carbocycles. The number of carbonyl (C=O) groups is 1. The Morgan fingerprint density at radius 1 is 1.04 bits per heavy atom. The van der Waals surface area contributed by atoms with Gasteiger partial charge in [-0.3, -0.25) is 4.79 Å². The van der Waals surface area contributed by atoms with Crippen LogP contribution in [-0.4, -0.2) is 19.1 Å². The van der Waals surface area contributed by atoms with E-state index in [2.05, 4.69) is 31.4 Å². The summed E-state index contributed by atoms with van der Waals surface area (Å²) in [5.41, 5.74) is 4.13. The second-order valence-electron chi connectivity index (χ2n) is 5.58. The number of anilines is 2. The lowest BCUT2D eigenvalue weighted by molar-refractivity contribution is -0.114. The third-order valence-corrected chi connectivity index (χ3v) is 3.55. The number of aryl methyl sites for hydroxylation is 2. The maximum Gasteiger partial charge on any atom is 0.243 e. The molecule has 4 heteroatoms. The van der Waals surface area contributed by atoms with E-state index >= 15 is 0 Å². The monoisotopic (exact) mass is 312 g/mol. The smallest absolute Gasteiger partial charge is 0.243 e. The average Bonchev–Trinajstić information content (AvgIpc) is 2.54. The first-order valence-electron chi connectivity index (χ1n) is 7.92. The van der Waals surface area contributed by atoms with E-state index in [9.17, 15) is 4.79 Å². The van der Waals surface area contributed by atoms with Crippen molar-refractivity contribution in [2.24, 2.45) is 0 Å². The lowest BCUT2D eigenvalue weighted by Crippen LogP contribution is -2.21. The largest absolute Gasteiger partial charge is 0.494 e. The normalized spacial score (nSPS) is 10.2. The molecule has 0 spiro atoms. The highest BCUT2D eigenvalue weighted by Crippen LogP contribution is 2.18. The van der Waals surface area contributed by atoms with Gasteiger partial charge in [0.1, 0.15) is 5.75 Å². The molecule has 0 fully saturated rings. The fourth-order valence-electron chi connectivity index (χ4n) is 2.12. The van der Waals surface area contributed by atoms with Gasteiger partial charge < -0.3 is 15.4 Å². The number of nitrogens with one attached hydrogen (secondary N) is 2. The average molecular weight is 312 g/mol. The molecule has 2 aromatic rings. The lowest BCUT2D eigenvalue weighted by atomic mass is 10.1. The van der Waals surface area contributed by atoms with E-state index in [1.165, 1.54) is 11.1 Å². The van der Waals surface area contributed by atoms with E-state index in [1.54, 1.807) is 0 Å². The number of hydrogen-bond acceptors (Lipinski definition) is 3. The molecule has 4 nitrogen and oxygen atoms in total. The molecule has 0 aromatic heterocycles. The van der Waals surface area contributed by atoms with Gasteiger partial charge in [0.15, 0.2) is 0 Å². The Morgan fingerprint density at radius 2 is 1.87 bits per heavy atom. The van der Waals surface area contributed by atoms with Crippen LogP contribution in [0.4, 0.5) is 11.4 Å². The van der Waals surface area contributed by atoms with Gasteiger partial charge in [-0.2, -0.15) is 0 Å². The molecule has 0 aliphatic rings. The first-order chi connectivity index (χ1) is 11.1. The minimum Gasteiger partial charge on any atom is -0.494 e. The number of rotatable bonds is 7.